The molecule has 1 aromatic carbocycles. The minimum absolute atomic E-state index is 0. The maximum Gasteiger partial charge on any atom is 0.342 e. The van der Waals surface area contributed by atoms with E-state index in [0.717, 1.165) is 5.69 Å². The zero-order valence-corrected chi connectivity index (χ0v) is 15.1. The maximum atomic E-state index is 12.9. The van der Waals surface area contributed by atoms with Crippen molar-refractivity contribution < 1.29 is 14.3 Å². The van der Waals surface area contributed by atoms with E-state index in [1.807, 2.05) is 6.92 Å². The van der Waals surface area contributed by atoms with Crippen molar-refractivity contribution in [1.29, 1.82) is 0 Å². The van der Waals surface area contributed by atoms with Gasteiger partial charge in [0.15, 0.2) is 0 Å². The number of fused-ring (bicyclic) bond motifs is 1. The van der Waals surface area contributed by atoms with Crippen LogP contribution in [0.2, 0.25) is 5.02 Å². The summed E-state index contributed by atoms with van der Waals surface area (Å²) in [6, 6.07) is 6.97. The van der Waals surface area contributed by atoms with Gasteiger partial charge in [0.1, 0.15) is 11.3 Å². The number of hydrogen-bond acceptors (Lipinski definition) is 4. The summed E-state index contributed by atoms with van der Waals surface area (Å²) in [4.78, 5) is 26.5. The lowest BCUT2D eigenvalue weighted by Gasteiger charge is -2.32. The van der Waals surface area contributed by atoms with Gasteiger partial charge in [-0.15, -0.1) is 0 Å². The zero-order chi connectivity index (χ0) is 16.6. The van der Waals surface area contributed by atoms with E-state index in [2.05, 4.69) is 5.10 Å². The summed E-state index contributed by atoms with van der Waals surface area (Å²) in [5, 5.41) is 4.78. The van der Waals surface area contributed by atoms with Crippen molar-refractivity contribution in [1.82, 2.24) is 9.78 Å². The van der Waals surface area contributed by atoms with Crippen molar-refractivity contribution in [3.63, 3.8) is 0 Å². The largest absolute Gasteiger partial charge is 0.462 e. The summed E-state index contributed by atoms with van der Waals surface area (Å²) in [6.45, 7) is 4.38. The second-order valence-electron chi connectivity index (χ2n) is 5.31. The van der Waals surface area contributed by atoms with E-state index in [1.165, 1.54) is 6.20 Å². The fourth-order valence-electron chi connectivity index (χ4n) is 2.66. The molecule has 0 radical (unpaired) electrons. The van der Waals surface area contributed by atoms with Crippen LogP contribution >= 0.6 is 25.1 Å². The van der Waals surface area contributed by atoms with Gasteiger partial charge in [0.25, 0.3) is 5.91 Å². The number of nitrogens with zero attached hydrogens (tertiary/aromatic N) is 3. The molecule has 6 nitrogen and oxygen atoms in total. The summed E-state index contributed by atoms with van der Waals surface area (Å²) < 4.78 is 6.60. The Balaban J connectivity index is 0.00000208. The van der Waals surface area contributed by atoms with E-state index in [1.54, 1.807) is 40.8 Å². The van der Waals surface area contributed by atoms with Crippen LogP contribution in [0.4, 0.5) is 5.69 Å². The number of benzene rings is 1. The molecule has 0 spiro atoms. The van der Waals surface area contributed by atoms with Crippen LogP contribution < -0.4 is 4.90 Å². The molecule has 1 amide bonds. The average Bonchev–Trinajstić information content (AvgIpc) is 2.98. The van der Waals surface area contributed by atoms with Gasteiger partial charge in [-0.25, -0.2) is 4.79 Å². The fourth-order valence-corrected chi connectivity index (χ4v) is 2.79. The highest BCUT2D eigenvalue weighted by Gasteiger charge is 2.35. The maximum absolute atomic E-state index is 12.9. The van der Waals surface area contributed by atoms with Crippen molar-refractivity contribution in [2.24, 2.45) is 0 Å². The SMILES string of the molecule is CCOC(=O)c1cnn2c1C(=O)N(c1ccc(Cl)cc1)C[C@@H]2C.S. The summed E-state index contributed by atoms with van der Waals surface area (Å²) in [7, 11) is 0. The third-order valence-electron chi connectivity index (χ3n) is 3.74. The van der Waals surface area contributed by atoms with Gasteiger partial charge in [0.2, 0.25) is 0 Å². The quantitative estimate of drug-likeness (QED) is 0.782. The summed E-state index contributed by atoms with van der Waals surface area (Å²) >= 11 is 5.90. The predicted octanol–water partition coefficient (Wildman–Crippen LogP) is 3.05. The smallest absolute Gasteiger partial charge is 0.342 e. The van der Waals surface area contributed by atoms with E-state index in [4.69, 9.17) is 16.3 Å². The molecule has 1 atom stereocenters. The van der Waals surface area contributed by atoms with Crippen LogP contribution in [-0.4, -0.2) is 34.8 Å². The van der Waals surface area contributed by atoms with Crippen molar-refractivity contribution in [2.75, 3.05) is 18.1 Å². The van der Waals surface area contributed by atoms with Gasteiger partial charge in [-0.1, -0.05) is 11.6 Å². The highest BCUT2D eigenvalue weighted by molar-refractivity contribution is 7.59. The van der Waals surface area contributed by atoms with Crippen LogP contribution in [0.3, 0.4) is 0 Å². The molecule has 0 bridgehead atoms. The molecule has 8 heteroatoms. The Kier molecular flexibility index (Phi) is 5.56. The molecular weight excluding hydrogens is 350 g/mol. The second-order valence-corrected chi connectivity index (χ2v) is 5.75. The van der Waals surface area contributed by atoms with E-state index < -0.39 is 5.97 Å². The first-order valence-electron chi connectivity index (χ1n) is 7.35. The Morgan fingerprint density at radius 2 is 2.04 bits per heavy atom. The first-order chi connectivity index (χ1) is 11.0. The molecular formula is C16H18ClN3O3S. The lowest BCUT2D eigenvalue weighted by atomic mass is 10.1. The van der Waals surface area contributed by atoms with Crippen molar-refractivity contribution in [3.8, 4) is 0 Å². The first kappa shape index (κ1) is 18.4. The lowest BCUT2D eigenvalue weighted by molar-refractivity contribution is 0.0522. The Labute approximate surface area is 151 Å². The molecule has 2 aromatic rings. The Morgan fingerprint density at radius 1 is 1.38 bits per heavy atom. The van der Waals surface area contributed by atoms with Gasteiger partial charge in [-0.05, 0) is 38.1 Å². The number of esters is 1. The molecule has 1 aliphatic heterocycles. The van der Waals surface area contributed by atoms with Gasteiger partial charge >= 0.3 is 5.97 Å². The molecule has 3 rings (SSSR count). The summed E-state index contributed by atoms with van der Waals surface area (Å²) in [5.41, 5.74) is 1.19. The van der Waals surface area contributed by atoms with Crippen LogP contribution in [-0.2, 0) is 4.74 Å². The number of carbonyl (C=O) groups is 2. The molecule has 0 saturated heterocycles. The molecule has 0 saturated carbocycles. The van der Waals surface area contributed by atoms with Gasteiger partial charge in [-0.3, -0.25) is 9.48 Å². The highest BCUT2D eigenvalue weighted by Crippen LogP contribution is 2.28. The van der Waals surface area contributed by atoms with E-state index in [0.29, 0.717) is 11.6 Å². The second kappa shape index (κ2) is 7.27. The van der Waals surface area contributed by atoms with E-state index >= 15 is 0 Å². The van der Waals surface area contributed by atoms with Crippen LogP contribution in [0.15, 0.2) is 30.5 Å². The Hall–Kier alpha value is -1.99. The van der Waals surface area contributed by atoms with Crippen molar-refractivity contribution in [3.05, 3.63) is 46.7 Å². The molecule has 0 fully saturated rings. The molecule has 0 unspecified atom stereocenters. The van der Waals surface area contributed by atoms with Crippen LogP contribution in [0.25, 0.3) is 0 Å². The highest BCUT2D eigenvalue weighted by atomic mass is 35.5. The van der Waals surface area contributed by atoms with Gasteiger partial charge in [0.05, 0.1) is 18.8 Å². The Bertz CT molecular complexity index is 760. The third kappa shape index (κ3) is 3.14. The van der Waals surface area contributed by atoms with Gasteiger partial charge < -0.3 is 9.64 Å². The van der Waals surface area contributed by atoms with E-state index in [9.17, 15) is 9.59 Å². The third-order valence-corrected chi connectivity index (χ3v) is 3.99. The molecule has 0 aliphatic carbocycles. The minimum Gasteiger partial charge on any atom is -0.462 e. The molecule has 2 heterocycles. The normalized spacial score (nSPS) is 16.4. The number of halogens is 1. The summed E-state index contributed by atoms with van der Waals surface area (Å²) in [6.07, 6.45) is 1.40. The number of ether oxygens (including phenoxy) is 1. The lowest BCUT2D eigenvalue weighted by Crippen LogP contribution is -2.43. The Morgan fingerprint density at radius 3 is 2.67 bits per heavy atom. The van der Waals surface area contributed by atoms with Crippen molar-refractivity contribution >= 4 is 42.7 Å². The molecule has 24 heavy (non-hydrogen) atoms. The number of amides is 1. The standard InChI is InChI=1S/C16H16ClN3O3.H2S/c1-3-23-16(22)13-8-18-20-10(2)9-19(15(21)14(13)20)12-6-4-11(17)5-7-12;/h4-8,10H,3,9H2,1-2H3;1H2/t10-;/m0./s1. The number of carbonyl (C=O) groups excluding carboxylic acids is 2. The van der Waals surface area contributed by atoms with Crippen LogP contribution in [0, 0.1) is 0 Å². The first-order valence-corrected chi connectivity index (χ1v) is 7.72. The number of rotatable bonds is 3. The number of hydrogen-bond donors (Lipinski definition) is 0. The molecule has 128 valence electrons. The van der Waals surface area contributed by atoms with Gasteiger partial charge in [-0.2, -0.15) is 18.6 Å². The minimum atomic E-state index is -0.535. The predicted molar refractivity (Wildman–Crippen MR) is 96.4 cm³/mol. The van der Waals surface area contributed by atoms with Crippen LogP contribution in [0.5, 0.6) is 0 Å². The molecule has 1 aliphatic rings. The topological polar surface area (TPSA) is 64.4 Å². The molecule has 1 aromatic heterocycles. The van der Waals surface area contributed by atoms with Gasteiger partial charge in [0, 0.05) is 17.3 Å². The number of anilines is 1. The fraction of sp³-hybridized carbons (Fsp3) is 0.312. The van der Waals surface area contributed by atoms with Crippen LogP contribution in [0.1, 0.15) is 40.7 Å². The molecule has 0 N–H and O–H groups in total. The summed E-state index contributed by atoms with van der Waals surface area (Å²) in [5.74, 6) is -0.807. The van der Waals surface area contributed by atoms with Crippen molar-refractivity contribution in [2.45, 2.75) is 19.9 Å². The number of aromatic nitrogens is 2. The van der Waals surface area contributed by atoms with E-state index in [-0.39, 0.29) is 43.3 Å². The average molecular weight is 368 g/mol. The zero-order valence-electron chi connectivity index (χ0n) is 13.3. The monoisotopic (exact) mass is 367 g/mol.